The summed E-state index contributed by atoms with van der Waals surface area (Å²) in [7, 11) is 0. The van der Waals surface area contributed by atoms with Crippen LogP contribution >= 0.6 is 15.9 Å². The summed E-state index contributed by atoms with van der Waals surface area (Å²) in [6.45, 7) is 0.829. The van der Waals surface area contributed by atoms with Gasteiger partial charge in [-0.05, 0) is 30.4 Å². The number of hydrogen-bond donors (Lipinski definition) is 1. The number of alkyl halides is 1. The first kappa shape index (κ1) is 12.6. The Morgan fingerprint density at radius 3 is 2.71 bits per heavy atom. The van der Waals surface area contributed by atoms with E-state index in [0.29, 0.717) is 5.92 Å². The summed E-state index contributed by atoms with van der Waals surface area (Å²) in [5.41, 5.74) is 1.85. The normalized spacial score (nSPS) is 16.1. The van der Waals surface area contributed by atoms with Crippen LogP contribution in [0.25, 0.3) is 0 Å². The third kappa shape index (κ3) is 3.32. The number of amides is 1. The Bertz CT molecular complexity index is 386. The zero-order valence-corrected chi connectivity index (χ0v) is 11.5. The molecule has 2 rings (SSSR count). The molecule has 0 saturated heterocycles. The highest BCUT2D eigenvalue weighted by Gasteiger charge is 2.16. The number of nitrogens with one attached hydrogen (secondary N) is 1. The van der Waals surface area contributed by atoms with Crippen molar-refractivity contribution in [1.82, 2.24) is 5.32 Å². The summed E-state index contributed by atoms with van der Waals surface area (Å²) in [6.07, 6.45) is 5.16. The van der Waals surface area contributed by atoms with E-state index in [1.165, 1.54) is 25.7 Å². The van der Waals surface area contributed by atoms with E-state index in [0.717, 1.165) is 23.0 Å². The van der Waals surface area contributed by atoms with Crippen LogP contribution in [0.5, 0.6) is 0 Å². The third-order valence-electron chi connectivity index (χ3n) is 3.43. The Morgan fingerprint density at radius 1 is 1.29 bits per heavy atom. The highest BCUT2D eigenvalue weighted by atomic mass is 79.9. The molecule has 1 aliphatic carbocycles. The molecule has 17 heavy (non-hydrogen) atoms. The topological polar surface area (TPSA) is 29.1 Å². The van der Waals surface area contributed by atoms with Crippen LogP contribution in [0.3, 0.4) is 0 Å². The van der Waals surface area contributed by atoms with Gasteiger partial charge >= 0.3 is 0 Å². The molecular formula is C14H18BrNO. The molecule has 0 aliphatic heterocycles. The molecule has 0 unspecified atom stereocenters. The molecule has 1 fully saturated rings. The Hall–Kier alpha value is -0.830. The summed E-state index contributed by atoms with van der Waals surface area (Å²) >= 11 is 3.41. The van der Waals surface area contributed by atoms with Crippen molar-refractivity contribution in [2.24, 2.45) is 5.92 Å². The molecule has 0 spiro atoms. The minimum Gasteiger partial charge on any atom is -0.352 e. The average molecular weight is 296 g/mol. The molecule has 1 amide bonds. The van der Waals surface area contributed by atoms with Crippen LogP contribution in [0, 0.1) is 5.92 Å². The number of hydrogen-bond acceptors (Lipinski definition) is 1. The maximum Gasteiger partial charge on any atom is 0.251 e. The van der Waals surface area contributed by atoms with Crippen molar-refractivity contribution in [2.75, 3.05) is 6.54 Å². The lowest BCUT2D eigenvalue weighted by molar-refractivity contribution is 0.0946. The van der Waals surface area contributed by atoms with E-state index >= 15 is 0 Å². The summed E-state index contributed by atoms with van der Waals surface area (Å²) < 4.78 is 0. The molecule has 0 atom stereocenters. The van der Waals surface area contributed by atoms with E-state index in [1.807, 2.05) is 24.3 Å². The summed E-state index contributed by atoms with van der Waals surface area (Å²) in [6, 6.07) is 7.75. The molecule has 0 bridgehead atoms. The lowest BCUT2D eigenvalue weighted by Crippen LogP contribution is -2.29. The van der Waals surface area contributed by atoms with Crippen molar-refractivity contribution < 1.29 is 4.79 Å². The van der Waals surface area contributed by atoms with Crippen molar-refractivity contribution in [3.05, 3.63) is 35.4 Å². The second-order valence-corrected chi connectivity index (χ2v) is 5.21. The summed E-state index contributed by atoms with van der Waals surface area (Å²) in [5, 5.41) is 3.78. The van der Waals surface area contributed by atoms with Gasteiger partial charge in [0.2, 0.25) is 0 Å². The monoisotopic (exact) mass is 295 g/mol. The van der Waals surface area contributed by atoms with Crippen LogP contribution in [-0.2, 0) is 5.33 Å². The Balaban J connectivity index is 1.94. The van der Waals surface area contributed by atoms with Gasteiger partial charge in [0, 0.05) is 17.4 Å². The Kier molecular flexibility index (Phi) is 4.60. The van der Waals surface area contributed by atoms with E-state index in [2.05, 4.69) is 21.2 Å². The van der Waals surface area contributed by atoms with Gasteiger partial charge in [-0.25, -0.2) is 0 Å². The number of carbonyl (C=O) groups excluding carboxylic acids is 1. The Morgan fingerprint density at radius 2 is 2.00 bits per heavy atom. The molecule has 1 aromatic rings. The maximum atomic E-state index is 12.0. The highest BCUT2D eigenvalue weighted by molar-refractivity contribution is 9.08. The van der Waals surface area contributed by atoms with Crippen molar-refractivity contribution in [3.8, 4) is 0 Å². The van der Waals surface area contributed by atoms with Gasteiger partial charge in [-0.15, -0.1) is 0 Å². The largest absolute Gasteiger partial charge is 0.352 e. The lowest BCUT2D eigenvalue weighted by atomic mass is 10.1. The van der Waals surface area contributed by atoms with Crippen LogP contribution in [0.1, 0.15) is 41.6 Å². The van der Waals surface area contributed by atoms with Gasteiger partial charge in [-0.1, -0.05) is 47.0 Å². The number of halogens is 1. The number of carbonyl (C=O) groups is 1. The van der Waals surface area contributed by atoms with Gasteiger partial charge < -0.3 is 5.32 Å². The number of benzene rings is 1. The van der Waals surface area contributed by atoms with E-state index in [4.69, 9.17) is 0 Å². The van der Waals surface area contributed by atoms with Crippen molar-refractivity contribution >= 4 is 21.8 Å². The molecule has 1 saturated carbocycles. The Labute approximate surface area is 111 Å². The van der Waals surface area contributed by atoms with Gasteiger partial charge in [0.05, 0.1) is 0 Å². The fourth-order valence-electron chi connectivity index (χ4n) is 2.41. The van der Waals surface area contributed by atoms with Crippen LogP contribution in [0.2, 0.25) is 0 Å². The smallest absolute Gasteiger partial charge is 0.251 e. The SMILES string of the molecule is O=C(NCC1CCCC1)c1ccccc1CBr. The summed E-state index contributed by atoms with van der Waals surface area (Å²) in [4.78, 5) is 12.0. The molecule has 0 aromatic heterocycles. The predicted octanol–water partition coefficient (Wildman–Crippen LogP) is 3.50. The quantitative estimate of drug-likeness (QED) is 0.847. The molecule has 0 radical (unpaired) electrons. The molecular weight excluding hydrogens is 278 g/mol. The van der Waals surface area contributed by atoms with E-state index in [9.17, 15) is 4.79 Å². The fourth-order valence-corrected chi connectivity index (χ4v) is 2.89. The molecule has 1 aliphatic rings. The predicted molar refractivity (Wildman–Crippen MR) is 73.4 cm³/mol. The minimum atomic E-state index is 0.0620. The third-order valence-corrected chi connectivity index (χ3v) is 4.04. The van der Waals surface area contributed by atoms with Gasteiger partial charge in [0.1, 0.15) is 0 Å². The number of rotatable bonds is 4. The van der Waals surface area contributed by atoms with Gasteiger partial charge in [0.25, 0.3) is 5.91 Å². The second-order valence-electron chi connectivity index (χ2n) is 4.65. The zero-order chi connectivity index (χ0) is 12.1. The van der Waals surface area contributed by atoms with E-state index < -0.39 is 0 Å². The van der Waals surface area contributed by atoms with Gasteiger partial charge in [-0.2, -0.15) is 0 Å². The lowest BCUT2D eigenvalue weighted by Gasteiger charge is -2.12. The van der Waals surface area contributed by atoms with Crippen molar-refractivity contribution in [2.45, 2.75) is 31.0 Å². The first-order valence-corrected chi connectivity index (χ1v) is 7.35. The zero-order valence-electron chi connectivity index (χ0n) is 9.92. The first-order valence-electron chi connectivity index (χ1n) is 6.23. The minimum absolute atomic E-state index is 0.0620. The molecule has 92 valence electrons. The van der Waals surface area contributed by atoms with Gasteiger partial charge in [0.15, 0.2) is 0 Å². The van der Waals surface area contributed by atoms with E-state index in [1.54, 1.807) is 0 Å². The van der Waals surface area contributed by atoms with Crippen LogP contribution in [0.15, 0.2) is 24.3 Å². The standard InChI is InChI=1S/C14H18BrNO/c15-9-12-7-3-4-8-13(12)14(17)16-10-11-5-1-2-6-11/h3-4,7-8,11H,1-2,5-6,9-10H2,(H,16,17). The fraction of sp³-hybridized carbons (Fsp3) is 0.500. The molecule has 0 heterocycles. The van der Waals surface area contributed by atoms with Crippen LogP contribution in [0.4, 0.5) is 0 Å². The molecule has 1 aromatic carbocycles. The first-order chi connectivity index (χ1) is 8.31. The van der Waals surface area contributed by atoms with E-state index in [-0.39, 0.29) is 5.91 Å². The molecule has 2 nitrogen and oxygen atoms in total. The summed E-state index contributed by atoms with van der Waals surface area (Å²) in [5.74, 6) is 0.752. The van der Waals surface area contributed by atoms with Crippen molar-refractivity contribution in [3.63, 3.8) is 0 Å². The van der Waals surface area contributed by atoms with Crippen LogP contribution in [-0.4, -0.2) is 12.5 Å². The van der Waals surface area contributed by atoms with Crippen molar-refractivity contribution in [1.29, 1.82) is 0 Å². The highest BCUT2D eigenvalue weighted by Crippen LogP contribution is 2.23. The molecule has 1 N–H and O–H groups in total. The average Bonchev–Trinajstić information content (AvgIpc) is 2.89. The second kappa shape index (κ2) is 6.20. The maximum absolute atomic E-state index is 12.0. The molecule has 3 heteroatoms. The van der Waals surface area contributed by atoms with Gasteiger partial charge in [-0.3, -0.25) is 4.79 Å². The van der Waals surface area contributed by atoms with Crippen LogP contribution < -0.4 is 5.32 Å².